The van der Waals surface area contributed by atoms with Gasteiger partial charge in [0.25, 0.3) is 0 Å². The number of aromatic hydroxyl groups is 1. The van der Waals surface area contributed by atoms with E-state index in [1.807, 2.05) is 0 Å². The number of aldehydes is 1. The Hall–Kier alpha value is -2.15. The zero-order valence-corrected chi connectivity index (χ0v) is 8.77. The van der Waals surface area contributed by atoms with Crippen molar-refractivity contribution >= 4 is 12.2 Å². The summed E-state index contributed by atoms with van der Waals surface area (Å²) >= 11 is 0. The zero-order valence-electron chi connectivity index (χ0n) is 8.77. The Morgan fingerprint density at radius 2 is 2.44 bits per heavy atom. The van der Waals surface area contributed by atoms with E-state index in [0.29, 0.717) is 17.5 Å². The normalized spacial score (nSPS) is 11.2. The SMILES string of the molecule is Cc1ncc(C=O)c(CN=C(N)NN)c1O. The molecule has 1 rings (SSSR count). The summed E-state index contributed by atoms with van der Waals surface area (Å²) in [5, 5.41) is 9.71. The quantitative estimate of drug-likeness (QED) is 0.174. The Labute approximate surface area is 92.2 Å². The van der Waals surface area contributed by atoms with Crippen molar-refractivity contribution in [3.05, 3.63) is 23.0 Å². The third-order valence-electron chi connectivity index (χ3n) is 2.06. The molecule has 0 bridgehead atoms. The number of nitrogens with one attached hydrogen (secondary N) is 1. The second kappa shape index (κ2) is 5.08. The highest BCUT2D eigenvalue weighted by Crippen LogP contribution is 2.23. The van der Waals surface area contributed by atoms with Crippen molar-refractivity contribution in [2.45, 2.75) is 13.5 Å². The maximum atomic E-state index is 10.7. The molecule has 0 saturated heterocycles. The van der Waals surface area contributed by atoms with Gasteiger partial charge in [0, 0.05) is 17.3 Å². The molecule has 7 heteroatoms. The molecule has 86 valence electrons. The van der Waals surface area contributed by atoms with Crippen molar-refractivity contribution < 1.29 is 9.90 Å². The molecular weight excluding hydrogens is 210 g/mol. The van der Waals surface area contributed by atoms with Gasteiger partial charge in [-0.15, -0.1) is 0 Å². The number of aliphatic imine (C=N–C) groups is 1. The summed E-state index contributed by atoms with van der Waals surface area (Å²) in [6.07, 6.45) is 1.97. The molecule has 0 aliphatic rings. The topological polar surface area (TPSA) is 127 Å². The van der Waals surface area contributed by atoms with Gasteiger partial charge in [-0.3, -0.25) is 15.2 Å². The maximum Gasteiger partial charge on any atom is 0.203 e. The Kier molecular flexibility index (Phi) is 3.78. The summed E-state index contributed by atoms with van der Waals surface area (Å²) < 4.78 is 0. The predicted molar refractivity (Wildman–Crippen MR) is 58.7 cm³/mol. The molecule has 0 aliphatic carbocycles. The first kappa shape index (κ1) is 11.9. The number of hydrogen-bond acceptors (Lipinski definition) is 5. The van der Waals surface area contributed by atoms with Crippen LogP contribution >= 0.6 is 0 Å². The van der Waals surface area contributed by atoms with Gasteiger partial charge >= 0.3 is 0 Å². The molecule has 1 heterocycles. The molecule has 0 radical (unpaired) electrons. The number of carbonyl (C=O) groups excluding carboxylic acids is 1. The fraction of sp³-hybridized carbons (Fsp3) is 0.222. The van der Waals surface area contributed by atoms with Gasteiger partial charge in [-0.05, 0) is 6.92 Å². The van der Waals surface area contributed by atoms with Crippen LogP contribution in [0.1, 0.15) is 21.6 Å². The molecule has 0 unspecified atom stereocenters. The minimum absolute atomic E-state index is 0.0192. The minimum atomic E-state index is -0.0572. The predicted octanol–water partition coefficient (Wildman–Crippen LogP) is -0.814. The van der Waals surface area contributed by atoms with Crippen LogP contribution in [0.3, 0.4) is 0 Å². The van der Waals surface area contributed by atoms with Crippen LogP contribution in [0.4, 0.5) is 0 Å². The summed E-state index contributed by atoms with van der Waals surface area (Å²) in [5.74, 6) is 4.99. The van der Waals surface area contributed by atoms with Crippen molar-refractivity contribution in [1.29, 1.82) is 0 Å². The monoisotopic (exact) mass is 223 g/mol. The van der Waals surface area contributed by atoms with E-state index in [0.717, 1.165) is 0 Å². The standard InChI is InChI=1S/C9H13N5O2/c1-5-8(16)7(3-13-9(10)14-11)6(4-15)2-12-5/h2,4,16H,3,11H2,1H3,(H3,10,13,14). The number of guanidine groups is 1. The summed E-state index contributed by atoms with van der Waals surface area (Å²) in [7, 11) is 0. The van der Waals surface area contributed by atoms with Crippen LogP contribution in [0.25, 0.3) is 0 Å². The molecule has 0 atom stereocenters. The van der Waals surface area contributed by atoms with Gasteiger partial charge in [-0.2, -0.15) is 0 Å². The highest BCUT2D eigenvalue weighted by molar-refractivity contribution is 5.79. The molecule has 7 nitrogen and oxygen atoms in total. The van der Waals surface area contributed by atoms with Crippen molar-refractivity contribution in [3.8, 4) is 5.75 Å². The number of aromatic nitrogens is 1. The minimum Gasteiger partial charge on any atom is -0.506 e. The van der Waals surface area contributed by atoms with E-state index in [2.05, 4.69) is 15.4 Å². The third kappa shape index (κ3) is 2.45. The third-order valence-corrected chi connectivity index (χ3v) is 2.06. The zero-order chi connectivity index (χ0) is 12.1. The highest BCUT2D eigenvalue weighted by Gasteiger charge is 2.10. The van der Waals surface area contributed by atoms with Crippen LogP contribution in [0.5, 0.6) is 5.75 Å². The van der Waals surface area contributed by atoms with E-state index in [1.54, 1.807) is 6.92 Å². The fourth-order valence-electron chi connectivity index (χ4n) is 1.14. The summed E-state index contributed by atoms with van der Waals surface area (Å²) in [4.78, 5) is 18.4. The lowest BCUT2D eigenvalue weighted by Crippen LogP contribution is -2.37. The largest absolute Gasteiger partial charge is 0.506 e. The van der Waals surface area contributed by atoms with Crippen molar-refractivity contribution in [2.75, 3.05) is 0 Å². The summed E-state index contributed by atoms with van der Waals surface area (Å²) in [5.41, 5.74) is 8.55. The number of nitrogens with zero attached hydrogens (tertiary/aromatic N) is 2. The number of pyridine rings is 1. The highest BCUT2D eigenvalue weighted by atomic mass is 16.3. The lowest BCUT2D eigenvalue weighted by atomic mass is 10.1. The number of carbonyl (C=O) groups is 1. The Balaban J connectivity index is 3.10. The molecular formula is C9H13N5O2. The lowest BCUT2D eigenvalue weighted by Gasteiger charge is -2.07. The van der Waals surface area contributed by atoms with Crippen molar-refractivity contribution in [2.24, 2.45) is 16.6 Å². The van der Waals surface area contributed by atoms with Gasteiger partial charge in [-0.1, -0.05) is 0 Å². The van der Waals surface area contributed by atoms with E-state index >= 15 is 0 Å². The molecule has 0 spiro atoms. The number of hydrazine groups is 1. The van der Waals surface area contributed by atoms with Crippen LogP contribution in [0, 0.1) is 6.92 Å². The van der Waals surface area contributed by atoms with Crippen LogP contribution in [-0.4, -0.2) is 22.3 Å². The Morgan fingerprint density at radius 3 is 3.00 bits per heavy atom. The van der Waals surface area contributed by atoms with Crippen LogP contribution in [0.15, 0.2) is 11.2 Å². The van der Waals surface area contributed by atoms with Gasteiger partial charge in [0.1, 0.15) is 5.75 Å². The smallest absolute Gasteiger partial charge is 0.203 e. The van der Waals surface area contributed by atoms with Gasteiger partial charge in [0.2, 0.25) is 5.96 Å². The molecule has 1 aromatic heterocycles. The first-order valence-electron chi connectivity index (χ1n) is 4.49. The van der Waals surface area contributed by atoms with Gasteiger partial charge in [0.15, 0.2) is 6.29 Å². The summed E-state index contributed by atoms with van der Waals surface area (Å²) in [6, 6.07) is 0. The second-order valence-electron chi connectivity index (χ2n) is 3.09. The van der Waals surface area contributed by atoms with Crippen LogP contribution in [-0.2, 0) is 6.54 Å². The molecule has 0 aromatic carbocycles. The van der Waals surface area contributed by atoms with Crippen molar-refractivity contribution in [3.63, 3.8) is 0 Å². The second-order valence-corrected chi connectivity index (χ2v) is 3.09. The number of hydrogen-bond donors (Lipinski definition) is 4. The van der Waals surface area contributed by atoms with E-state index in [1.165, 1.54) is 6.20 Å². The van der Waals surface area contributed by atoms with Crippen LogP contribution in [0.2, 0.25) is 0 Å². The molecule has 0 saturated carbocycles. The van der Waals surface area contributed by atoms with E-state index in [9.17, 15) is 9.90 Å². The van der Waals surface area contributed by atoms with Gasteiger partial charge in [-0.25, -0.2) is 10.8 Å². The van der Waals surface area contributed by atoms with E-state index in [4.69, 9.17) is 11.6 Å². The number of aryl methyl sites for hydroxylation is 1. The molecule has 1 aromatic rings. The van der Waals surface area contributed by atoms with Crippen LogP contribution < -0.4 is 17.0 Å². The van der Waals surface area contributed by atoms with E-state index in [-0.39, 0.29) is 23.8 Å². The van der Waals surface area contributed by atoms with E-state index < -0.39 is 0 Å². The maximum absolute atomic E-state index is 10.7. The first-order chi connectivity index (χ1) is 7.60. The number of rotatable bonds is 3. The Morgan fingerprint density at radius 1 is 1.75 bits per heavy atom. The molecule has 6 N–H and O–H groups in total. The Bertz CT molecular complexity index is 430. The van der Waals surface area contributed by atoms with Crippen molar-refractivity contribution in [1.82, 2.24) is 10.4 Å². The first-order valence-corrected chi connectivity index (χ1v) is 4.49. The number of nitrogens with two attached hydrogens (primary N) is 2. The van der Waals surface area contributed by atoms with Gasteiger partial charge < -0.3 is 10.8 Å². The fourth-order valence-corrected chi connectivity index (χ4v) is 1.14. The molecule has 16 heavy (non-hydrogen) atoms. The molecule has 0 fully saturated rings. The average Bonchev–Trinajstić information content (AvgIpc) is 2.30. The van der Waals surface area contributed by atoms with Gasteiger partial charge in [0.05, 0.1) is 12.2 Å². The average molecular weight is 223 g/mol. The molecule has 0 aliphatic heterocycles. The summed E-state index contributed by atoms with van der Waals surface area (Å²) in [6.45, 7) is 1.68. The lowest BCUT2D eigenvalue weighted by molar-refractivity contribution is 0.112. The molecule has 0 amide bonds.